The van der Waals surface area contributed by atoms with Gasteiger partial charge in [0.1, 0.15) is 11.9 Å². The zero-order valence-electron chi connectivity index (χ0n) is 18.2. The number of carbonyl (C=O) groups excluding carboxylic acids is 1. The Labute approximate surface area is 189 Å². The maximum Gasteiger partial charge on any atom is 0.433 e. The van der Waals surface area contributed by atoms with E-state index in [2.05, 4.69) is 15.2 Å². The highest BCUT2D eigenvalue weighted by atomic mass is 19.4. The Morgan fingerprint density at radius 1 is 1.09 bits per heavy atom. The molecule has 1 aromatic carbocycles. The van der Waals surface area contributed by atoms with Gasteiger partial charge in [-0.3, -0.25) is 9.69 Å². The fourth-order valence-electron chi connectivity index (χ4n) is 5.21. The van der Waals surface area contributed by atoms with Gasteiger partial charge in [0.15, 0.2) is 0 Å². The van der Waals surface area contributed by atoms with Crippen LogP contribution < -0.4 is 10.2 Å². The molecule has 33 heavy (non-hydrogen) atoms. The first-order valence-electron chi connectivity index (χ1n) is 11.4. The van der Waals surface area contributed by atoms with E-state index in [0.717, 1.165) is 6.07 Å². The highest BCUT2D eigenvalue weighted by molar-refractivity contribution is 5.92. The molecule has 3 fully saturated rings. The second kappa shape index (κ2) is 8.72. The third-order valence-electron chi connectivity index (χ3n) is 7.00. The van der Waals surface area contributed by atoms with Crippen LogP contribution in [0.1, 0.15) is 18.5 Å². The number of rotatable bonds is 3. The first-order valence-corrected chi connectivity index (χ1v) is 11.4. The molecule has 1 amide bonds. The van der Waals surface area contributed by atoms with Crippen molar-refractivity contribution in [2.45, 2.75) is 37.3 Å². The van der Waals surface area contributed by atoms with Crippen molar-refractivity contribution in [2.75, 3.05) is 50.7 Å². The van der Waals surface area contributed by atoms with Crippen molar-refractivity contribution in [2.24, 2.45) is 0 Å². The smallest absolute Gasteiger partial charge is 0.368 e. The average molecular weight is 465 g/mol. The number of nitrogens with zero attached hydrogens (tertiary/aromatic N) is 4. The van der Waals surface area contributed by atoms with E-state index in [9.17, 15) is 22.4 Å². The van der Waals surface area contributed by atoms with E-state index in [-0.39, 0.29) is 24.5 Å². The second-order valence-electron chi connectivity index (χ2n) is 9.09. The van der Waals surface area contributed by atoms with Gasteiger partial charge in [0, 0.05) is 56.4 Å². The summed E-state index contributed by atoms with van der Waals surface area (Å²) in [6.45, 7) is 3.91. The molecule has 3 atom stereocenters. The summed E-state index contributed by atoms with van der Waals surface area (Å²) in [5.74, 6) is -0.0285. The van der Waals surface area contributed by atoms with Crippen molar-refractivity contribution >= 4 is 22.5 Å². The number of likely N-dealkylation sites (tertiary alicyclic amines) is 1. The molecule has 0 bridgehead atoms. The van der Waals surface area contributed by atoms with E-state index in [1.54, 1.807) is 17.0 Å². The Hall–Kier alpha value is -2.46. The Kier molecular flexibility index (Phi) is 5.90. The van der Waals surface area contributed by atoms with Gasteiger partial charge in [0.25, 0.3) is 0 Å². The SMILES string of the molecule is O=C([C@@H]1C[C@H](N2CCN(c3cc(C(F)(F)F)nc4ccccc34)CC2)CN1)N1CCC(F)C1. The minimum Gasteiger partial charge on any atom is -0.368 e. The van der Waals surface area contributed by atoms with Crippen LogP contribution >= 0.6 is 0 Å². The van der Waals surface area contributed by atoms with Gasteiger partial charge in [-0.05, 0) is 25.0 Å². The van der Waals surface area contributed by atoms with Crippen molar-refractivity contribution in [3.63, 3.8) is 0 Å². The van der Waals surface area contributed by atoms with E-state index in [1.165, 1.54) is 0 Å². The van der Waals surface area contributed by atoms with Gasteiger partial charge in [0.05, 0.1) is 18.1 Å². The maximum atomic E-state index is 13.5. The molecule has 2 aromatic rings. The number of hydrogen-bond donors (Lipinski definition) is 1. The third kappa shape index (κ3) is 4.50. The van der Waals surface area contributed by atoms with Crippen molar-refractivity contribution in [1.82, 2.24) is 20.1 Å². The molecule has 0 spiro atoms. The number of amides is 1. The lowest BCUT2D eigenvalue weighted by Crippen LogP contribution is -2.51. The molecule has 3 aliphatic rings. The zero-order chi connectivity index (χ0) is 23.2. The molecule has 3 saturated heterocycles. The van der Waals surface area contributed by atoms with Gasteiger partial charge in [-0.25, -0.2) is 9.37 Å². The van der Waals surface area contributed by atoms with E-state index in [0.29, 0.717) is 68.7 Å². The molecule has 1 aromatic heterocycles. The van der Waals surface area contributed by atoms with E-state index >= 15 is 0 Å². The highest BCUT2D eigenvalue weighted by Crippen LogP contribution is 2.35. The second-order valence-corrected chi connectivity index (χ2v) is 9.09. The van der Waals surface area contributed by atoms with Gasteiger partial charge in [0.2, 0.25) is 5.91 Å². The largest absolute Gasteiger partial charge is 0.433 e. The number of anilines is 1. The van der Waals surface area contributed by atoms with Crippen LogP contribution in [0.3, 0.4) is 0 Å². The molecular formula is C23H27F4N5O. The van der Waals surface area contributed by atoms with E-state index in [4.69, 9.17) is 0 Å². The van der Waals surface area contributed by atoms with Crippen LogP contribution in [0.5, 0.6) is 0 Å². The third-order valence-corrected chi connectivity index (χ3v) is 7.00. The Balaban J connectivity index is 1.25. The predicted molar refractivity (Wildman–Crippen MR) is 117 cm³/mol. The number of aromatic nitrogens is 1. The molecule has 1 unspecified atom stereocenters. The van der Waals surface area contributed by atoms with Crippen LogP contribution in [0.2, 0.25) is 0 Å². The standard InChI is InChI=1S/C23H27F4N5O/c24-15-5-6-32(14-15)22(33)19-11-16(13-28-19)30-7-9-31(10-8-30)20-12-21(23(25,26)27)29-18-4-2-1-3-17(18)20/h1-4,12,15-16,19,28H,5-11,13-14H2/t15?,16-,19-/m0/s1. The van der Waals surface area contributed by atoms with Crippen LogP contribution in [0.25, 0.3) is 10.9 Å². The summed E-state index contributed by atoms with van der Waals surface area (Å²) in [6, 6.07) is 7.96. The van der Waals surface area contributed by atoms with Crippen molar-refractivity contribution in [3.05, 3.63) is 36.0 Å². The van der Waals surface area contributed by atoms with Crippen LogP contribution in [0.4, 0.5) is 23.2 Å². The summed E-state index contributed by atoms with van der Waals surface area (Å²) in [5.41, 5.74) is 0.0147. The molecule has 4 heterocycles. The lowest BCUT2D eigenvalue weighted by atomic mass is 10.1. The quantitative estimate of drug-likeness (QED) is 0.707. The topological polar surface area (TPSA) is 51.7 Å². The number of nitrogens with one attached hydrogen (secondary N) is 1. The Morgan fingerprint density at radius 2 is 1.85 bits per heavy atom. The molecule has 0 radical (unpaired) electrons. The number of halogens is 4. The molecule has 10 heteroatoms. The van der Waals surface area contributed by atoms with Gasteiger partial charge in [-0.2, -0.15) is 13.2 Å². The molecular weight excluding hydrogens is 438 g/mol. The maximum absolute atomic E-state index is 13.5. The number of para-hydroxylation sites is 1. The highest BCUT2D eigenvalue weighted by Gasteiger charge is 2.38. The molecule has 1 N–H and O–H groups in total. The number of pyridine rings is 1. The molecule has 178 valence electrons. The fourth-order valence-corrected chi connectivity index (χ4v) is 5.21. The summed E-state index contributed by atoms with van der Waals surface area (Å²) < 4.78 is 53.7. The van der Waals surface area contributed by atoms with Gasteiger partial charge in [-0.15, -0.1) is 0 Å². The van der Waals surface area contributed by atoms with Crippen LogP contribution in [0.15, 0.2) is 30.3 Å². The number of piperazine rings is 1. The lowest BCUT2D eigenvalue weighted by Gasteiger charge is -2.39. The zero-order valence-corrected chi connectivity index (χ0v) is 18.2. The van der Waals surface area contributed by atoms with Crippen LogP contribution in [0, 0.1) is 0 Å². The summed E-state index contributed by atoms with van der Waals surface area (Å²) in [5, 5.41) is 4.00. The molecule has 0 aliphatic carbocycles. The van der Waals surface area contributed by atoms with Crippen LogP contribution in [-0.2, 0) is 11.0 Å². The van der Waals surface area contributed by atoms with Crippen molar-refractivity contribution in [1.29, 1.82) is 0 Å². The first kappa shape index (κ1) is 22.3. The summed E-state index contributed by atoms with van der Waals surface area (Å²) in [7, 11) is 0. The summed E-state index contributed by atoms with van der Waals surface area (Å²) in [4.78, 5) is 22.4. The fraction of sp³-hybridized carbons (Fsp3) is 0.565. The molecule has 5 rings (SSSR count). The molecule has 0 saturated carbocycles. The Morgan fingerprint density at radius 3 is 2.55 bits per heavy atom. The van der Waals surface area contributed by atoms with Crippen molar-refractivity contribution in [3.8, 4) is 0 Å². The summed E-state index contributed by atoms with van der Waals surface area (Å²) >= 11 is 0. The number of alkyl halides is 4. The molecule has 3 aliphatic heterocycles. The normalized spacial score (nSPS) is 27.0. The monoisotopic (exact) mass is 465 g/mol. The average Bonchev–Trinajstić information content (AvgIpc) is 3.47. The molecule has 6 nitrogen and oxygen atoms in total. The van der Waals surface area contributed by atoms with Crippen LogP contribution in [-0.4, -0.2) is 84.8 Å². The van der Waals surface area contributed by atoms with Crippen molar-refractivity contribution < 1.29 is 22.4 Å². The lowest BCUT2D eigenvalue weighted by molar-refractivity contribution is -0.141. The van der Waals surface area contributed by atoms with Gasteiger partial charge in [-0.1, -0.05) is 18.2 Å². The number of fused-ring (bicyclic) bond motifs is 1. The minimum atomic E-state index is -4.50. The van der Waals surface area contributed by atoms with E-state index in [1.807, 2.05) is 17.0 Å². The number of hydrogen-bond acceptors (Lipinski definition) is 5. The van der Waals surface area contributed by atoms with E-state index < -0.39 is 18.0 Å². The predicted octanol–water partition coefficient (Wildman–Crippen LogP) is 2.68. The minimum absolute atomic E-state index is 0.0285. The first-order chi connectivity index (χ1) is 15.8. The number of benzene rings is 1. The Bertz CT molecular complexity index is 1020. The number of carbonyl (C=O) groups is 1. The van der Waals surface area contributed by atoms with Gasteiger partial charge >= 0.3 is 6.18 Å². The van der Waals surface area contributed by atoms with Gasteiger partial charge < -0.3 is 15.1 Å². The summed E-state index contributed by atoms with van der Waals surface area (Å²) in [6.07, 6.45) is -4.36.